The molecule has 1 amide bonds. The summed E-state index contributed by atoms with van der Waals surface area (Å²) in [5, 5.41) is 9.74. The van der Waals surface area contributed by atoms with Gasteiger partial charge in [-0.15, -0.1) is 0 Å². The highest BCUT2D eigenvalue weighted by Gasteiger charge is 2.17. The number of carbonyl (C=O) groups excluding carboxylic acids is 1. The fourth-order valence-electron chi connectivity index (χ4n) is 3.68. The lowest BCUT2D eigenvalue weighted by molar-refractivity contribution is -0.129. The molecule has 1 aromatic heterocycles. The van der Waals surface area contributed by atoms with Gasteiger partial charge in [0.2, 0.25) is 5.91 Å². The number of fused-ring (bicyclic) bond motifs is 1. The van der Waals surface area contributed by atoms with E-state index in [0.717, 1.165) is 58.9 Å². The monoisotopic (exact) mass is 422 g/mol. The molecule has 3 aromatic rings. The van der Waals surface area contributed by atoms with Crippen LogP contribution in [0, 0.1) is 6.92 Å². The zero-order valence-electron chi connectivity index (χ0n) is 18.4. The first kappa shape index (κ1) is 22.5. The second-order valence-corrected chi connectivity index (χ2v) is 7.50. The number of aryl methyl sites for hydroxylation is 2. The zero-order valence-corrected chi connectivity index (χ0v) is 18.4. The van der Waals surface area contributed by atoms with E-state index in [1.54, 1.807) is 12.6 Å². The van der Waals surface area contributed by atoms with Crippen LogP contribution in [0.5, 0.6) is 5.75 Å². The number of nitrogens with one attached hydrogen (secondary N) is 1. The number of carbonyl (C=O) groups is 1. The molecule has 31 heavy (non-hydrogen) atoms. The molecule has 2 N–H and O–H groups in total. The molecule has 0 spiro atoms. The van der Waals surface area contributed by atoms with E-state index in [2.05, 4.69) is 28.9 Å². The van der Waals surface area contributed by atoms with E-state index < -0.39 is 0 Å². The molecule has 7 nitrogen and oxygen atoms in total. The standard InChI is InChI=1S/C24H30N4O3/c1-4-5-15-28(24-20-10-6-7-11-21(20)25-17(2)26-24)19-13-14-22(31-3)18(16-19)9-8-12-23(29)27-30/h6-7,10-11,13-14,16,30H,4-5,8-9,12,15H2,1-3H3,(H,27,29). The predicted molar refractivity (Wildman–Crippen MR) is 122 cm³/mol. The number of ether oxygens (including phenoxy) is 1. The molecular formula is C24H30N4O3. The number of methoxy groups -OCH3 is 1. The van der Waals surface area contributed by atoms with Crippen molar-refractivity contribution in [3.63, 3.8) is 0 Å². The van der Waals surface area contributed by atoms with Crippen molar-refractivity contribution in [1.82, 2.24) is 15.4 Å². The van der Waals surface area contributed by atoms with Crippen LogP contribution >= 0.6 is 0 Å². The molecular weight excluding hydrogens is 392 g/mol. The number of rotatable bonds is 10. The fraction of sp³-hybridized carbons (Fsp3) is 0.375. The van der Waals surface area contributed by atoms with Gasteiger partial charge in [-0.1, -0.05) is 25.5 Å². The molecule has 1 heterocycles. The Morgan fingerprint density at radius 2 is 1.97 bits per heavy atom. The van der Waals surface area contributed by atoms with E-state index >= 15 is 0 Å². The third kappa shape index (κ3) is 5.49. The first-order chi connectivity index (χ1) is 15.1. The van der Waals surface area contributed by atoms with Crippen molar-refractivity contribution in [2.24, 2.45) is 0 Å². The molecule has 0 saturated carbocycles. The number of hydrogen-bond acceptors (Lipinski definition) is 6. The summed E-state index contributed by atoms with van der Waals surface area (Å²) < 4.78 is 5.55. The first-order valence-corrected chi connectivity index (χ1v) is 10.7. The summed E-state index contributed by atoms with van der Waals surface area (Å²) in [5.41, 5.74) is 4.65. The van der Waals surface area contributed by atoms with Crippen LogP contribution in [0.3, 0.4) is 0 Å². The smallest absolute Gasteiger partial charge is 0.243 e. The highest BCUT2D eigenvalue weighted by atomic mass is 16.5. The van der Waals surface area contributed by atoms with Crippen LogP contribution in [0.4, 0.5) is 11.5 Å². The molecule has 0 aliphatic heterocycles. The van der Waals surface area contributed by atoms with Gasteiger partial charge in [-0.2, -0.15) is 0 Å². The first-order valence-electron chi connectivity index (χ1n) is 10.7. The van der Waals surface area contributed by atoms with Crippen molar-refractivity contribution < 1.29 is 14.7 Å². The highest BCUT2D eigenvalue weighted by Crippen LogP contribution is 2.33. The molecule has 0 radical (unpaired) electrons. The van der Waals surface area contributed by atoms with Crippen molar-refractivity contribution in [3.8, 4) is 5.75 Å². The van der Waals surface area contributed by atoms with E-state index in [9.17, 15) is 4.79 Å². The second-order valence-electron chi connectivity index (χ2n) is 7.50. The number of unbranched alkanes of at least 4 members (excludes halogenated alkanes) is 1. The van der Waals surface area contributed by atoms with Gasteiger partial charge in [-0.05, 0) is 62.1 Å². The van der Waals surface area contributed by atoms with Gasteiger partial charge in [0.05, 0.1) is 12.6 Å². The van der Waals surface area contributed by atoms with Crippen LogP contribution in [0.15, 0.2) is 42.5 Å². The summed E-state index contributed by atoms with van der Waals surface area (Å²) in [7, 11) is 1.65. The van der Waals surface area contributed by atoms with Gasteiger partial charge in [-0.3, -0.25) is 10.0 Å². The topological polar surface area (TPSA) is 87.6 Å². The lowest BCUT2D eigenvalue weighted by Crippen LogP contribution is -2.21. The van der Waals surface area contributed by atoms with Crippen LogP contribution in [-0.2, 0) is 11.2 Å². The maximum atomic E-state index is 11.4. The summed E-state index contributed by atoms with van der Waals surface area (Å²) in [6.45, 7) is 4.92. The normalized spacial score (nSPS) is 10.8. The van der Waals surface area contributed by atoms with Gasteiger partial charge in [0.15, 0.2) is 0 Å². The Hall–Kier alpha value is -3.19. The van der Waals surface area contributed by atoms with Gasteiger partial charge in [0.25, 0.3) is 0 Å². The quantitative estimate of drug-likeness (QED) is 0.363. The predicted octanol–water partition coefficient (Wildman–Crippen LogP) is 4.71. The number of hydroxylamine groups is 1. The third-order valence-corrected chi connectivity index (χ3v) is 5.24. The fourth-order valence-corrected chi connectivity index (χ4v) is 3.68. The molecule has 0 bridgehead atoms. The van der Waals surface area contributed by atoms with Crippen LogP contribution in [-0.4, -0.2) is 34.7 Å². The maximum absolute atomic E-state index is 11.4. The Balaban J connectivity index is 2.01. The Kier molecular flexibility index (Phi) is 7.78. The van der Waals surface area contributed by atoms with Crippen molar-refractivity contribution >= 4 is 28.3 Å². The van der Waals surface area contributed by atoms with E-state index in [0.29, 0.717) is 12.8 Å². The Morgan fingerprint density at radius 3 is 2.71 bits per heavy atom. The molecule has 0 unspecified atom stereocenters. The molecule has 164 valence electrons. The Morgan fingerprint density at radius 1 is 1.16 bits per heavy atom. The summed E-state index contributed by atoms with van der Waals surface area (Å²) in [6, 6.07) is 14.2. The van der Waals surface area contributed by atoms with Crippen LogP contribution < -0.4 is 15.1 Å². The Bertz CT molecular complexity index is 1040. The van der Waals surface area contributed by atoms with Crippen LogP contribution in [0.25, 0.3) is 10.9 Å². The van der Waals surface area contributed by atoms with E-state index in [4.69, 9.17) is 14.9 Å². The minimum absolute atomic E-state index is 0.249. The van der Waals surface area contributed by atoms with Gasteiger partial charge in [-0.25, -0.2) is 15.4 Å². The van der Waals surface area contributed by atoms with Crippen LogP contribution in [0.2, 0.25) is 0 Å². The zero-order chi connectivity index (χ0) is 22.2. The third-order valence-electron chi connectivity index (χ3n) is 5.24. The highest BCUT2D eigenvalue weighted by molar-refractivity contribution is 5.91. The molecule has 0 aliphatic carbocycles. The molecule has 0 fully saturated rings. The number of anilines is 2. The number of amides is 1. The van der Waals surface area contributed by atoms with Crippen molar-refractivity contribution in [3.05, 3.63) is 53.9 Å². The summed E-state index contributed by atoms with van der Waals surface area (Å²) >= 11 is 0. The van der Waals surface area contributed by atoms with Gasteiger partial charge < -0.3 is 9.64 Å². The molecule has 0 aliphatic rings. The molecule has 2 aromatic carbocycles. The van der Waals surface area contributed by atoms with E-state index in [1.165, 1.54) is 0 Å². The number of hydrogen-bond donors (Lipinski definition) is 2. The lowest BCUT2D eigenvalue weighted by Gasteiger charge is -2.26. The van der Waals surface area contributed by atoms with Crippen molar-refractivity contribution in [2.75, 3.05) is 18.6 Å². The van der Waals surface area contributed by atoms with Crippen molar-refractivity contribution in [1.29, 1.82) is 0 Å². The molecule has 0 atom stereocenters. The maximum Gasteiger partial charge on any atom is 0.243 e. The van der Waals surface area contributed by atoms with Gasteiger partial charge >= 0.3 is 0 Å². The summed E-state index contributed by atoms with van der Waals surface area (Å²) in [5.74, 6) is 2.03. The SMILES string of the molecule is CCCCN(c1ccc(OC)c(CCCC(=O)NO)c1)c1nc(C)nc2ccccc12. The van der Waals surface area contributed by atoms with Gasteiger partial charge in [0, 0.05) is 24.0 Å². The molecule has 7 heteroatoms. The summed E-state index contributed by atoms with van der Waals surface area (Å²) in [6.07, 6.45) is 3.61. The summed E-state index contributed by atoms with van der Waals surface area (Å²) in [4.78, 5) is 23.0. The number of aromatic nitrogens is 2. The van der Waals surface area contributed by atoms with E-state index in [-0.39, 0.29) is 12.3 Å². The average molecular weight is 423 g/mol. The van der Waals surface area contributed by atoms with Crippen LogP contribution in [0.1, 0.15) is 44.0 Å². The van der Waals surface area contributed by atoms with E-state index in [1.807, 2.05) is 37.3 Å². The van der Waals surface area contributed by atoms with Crippen molar-refractivity contribution in [2.45, 2.75) is 46.0 Å². The minimum atomic E-state index is -0.386. The lowest BCUT2D eigenvalue weighted by atomic mass is 10.0. The number of benzene rings is 2. The molecule has 0 saturated heterocycles. The molecule has 3 rings (SSSR count). The van der Waals surface area contributed by atoms with Gasteiger partial charge in [0.1, 0.15) is 17.4 Å². The average Bonchev–Trinajstić information content (AvgIpc) is 2.79. The number of para-hydroxylation sites is 1. The number of nitrogens with zero attached hydrogens (tertiary/aromatic N) is 3. The Labute approximate surface area is 183 Å². The largest absolute Gasteiger partial charge is 0.496 e. The minimum Gasteiger partial charge on any atom is -0.496 e. The second kappa shape index (κ2) is 10.7.